The minimum atomic E-state index is -1.93. The van der Waals surface area contributed by atoms with E-state index >= 15 is 0 Å². The predicted octanol–water partition coefficient (Wildman–Crippen LogP) is 5.89. The quantitative estimate of drug-likeness (QED) is 0.419. The van der Waals surface area contributed by atoms with Crippen LogP contribution in [0.5, 0.6) is 0 Å². The van der Waals surface area contributed by atoms with Gasteiger partial charge in [0.1, 0.15) is 6.10 Å². The van der Waals surface area contributed by atoms with Crippen molar-refractivity contribution in [1.82, 2.24) is 0 Å². The van der Waals surface area contributed by atoms with E-state index in [-0.39, 0.29) is 29.0 Å². The maximum Gasteiger partial charge on any atom is 0.193 e. The average molecular weight is 463 g/mol. The lowest BCUT2D eigenvalue weighted by Crippen LogP contribution is -2.60. The summed E-state index contributed by atoms with van der Waals surface area (Å²) in [4.78, 5) is 0. The first kappa shape index (κ1) is 24.7. The van der Waals surface area contributed by atoms with E-state index in [0.717, 1.165) is 19.3 Å². The van der Waals surface area contributed by atoms with Crippen LogP contribution in [-0.2, 0) is 13.9 Å². The van der Waals surface area contributed by atoms with Gasteiger partial charge in [-0.05, 0) is 55.7 Å². The van der Waals surface area contributed by atoms with Gasteiger partial charge in [0, 0.05) is 18.3 Å². The number of aliphatic hydroxyl groups excluding tert-OH is 1. The van der Waals surface area contributed by atoms with E-state index in [0.29, 0.717) is 31.0 Å². The van der Waals surface area contributed by atoms with Crippen LogP contribution in [0.3, 0.4) is 0 Å². The number of aliphatic hydroxyl groups is 1. The van der Waals surface area contributed by atoms with Crippen molar-refractivity contribution in [3.05, 3.63) is 0 Å². The molecule has 1 aliphatic heterocycles. The van der Waals surface area contributed by atoms with Gasteiger partial charge in [-0.1, -0.05) is 64.7 Å². The molecule has 0 unspecified atom stereocenters. The molecule has 32 heavy (non-hydrogen) atoms. The summed E-state index contributed by atoms with van der Waals surface area (Å²) in [5.74, 6) is 8.18. The molecule has 1 heterocycles. The summed E-state index contributed by atoms with van der Waals surface area (Å²) in [5.41, 5.74) is 0. The second-order valence-corrected chi connectivity index (χ2v) is 17.1. The van der Waals surface area contributed by atoms with Gasteiger partial charge in [-0.2, -0.15) is 0 Å². The summed E-state index contributed by atoms with van der Waals surface area (Å²) in [5, 5.41) is 11.0. The molecule has 0 aromatic rings. The van der Waals surface area contributed by atoms with Gasteiger partial charge < -0.3 is 19.0 Å². The minimum Gasteiger partial charge on any atom is -0.403 e. The van der Waals surface area contributed by atoms with Crippen LogP contribution in [0.15, 0.2) is 0 Å². The zero-order valence-corrected chi connectivity index (χ0v) is 22.1. The fourth-order valence-corrected chi connectivity index (χ4v) is 7.37. The molecule has 1 spiro atoms. The van der Waals surface area contributed by atoms with E-state index in [9.17, 15) is 5.11 Å². The highest BCUT2D eigenvalue weighted by Crippen LogP contribution is 2.57. The average Bonchev–Trinajstić information content (AvgIpc) is 3.17. The van der Waals surface area contributed by atoms with Crippen LogP contribution in [0.4, 0.5) is 0 Å². The topological polar surface area (TPSA) is 47.9 Å². The van der Waals surface area contributed by atoms with Gasteiger partial charge in [-0.15, -0.1) is 0 Å². The highest BCUT2D eigenvalue weighted by Gasteiger charge is 2.62. The van der Waals surface area contributed by atoms with Crippen LogP contribution in [0.25, 0.3) is 0 Å². The highest BCUT2D eigenvalue weighted by molar-refractivity contribution is 6.74. The second-order valence-electron chi connectivity index (χ2n) is 12.3. The molecular weight excluding hydrogens is 416 g/mol. The Morgan fingerprint density at radius 2 is 1.59 bits per heavy atom. The van der Waals surface area contributed by atoms with E-state index in [4.69, 9.17) is 13.9 Å². The van der Waals surface area contributed by atoms with Crippen molar-refractivity contribution in [2.75, 3.05) is 13.2 Å². The summed E-state index contributed by atoms with van der Waals surface area (Å²) in [6.07, 6.45) is 11.4. The van der Waals surface area contributed by atoms with Crippen molar-refractivity contribution < 1.29 is 19.0 Å². The molecular formula is C27H46O4Si. The van der Waals surface area contributed by atoms with Crippen molar-refractivity contribution >= 4 is 8.32 Å². The van der Waals surface area contributed by atoms with Crippen LogP contribution >= 0.6 is 0 Å². The van der Waals surface area contributed by atoms with Gasteiger partial charge >= 0.3 is 0 Å². The molecule has 4 nitrogen and oxygen atoms in total. The third-order valence-corrected chi connectivity index (χ3v) is 13.7. The fraction of sp³-hybridized carbons (Fsp3) is 0.926. The van der Waals surface area contributed by atoms with Crippen molar-refractivity contribution in [3.63, 3.8) is 0 Å². The van der Waals surface area contributed by atoms with Crippen LogP contribution < -0.4 is 0 Å². The molecule has 4 aliphatic rings. The molecule has 0 amide bonds. The standard InChI is InChI=1S/C27H46O4Si/c1-26(2,3)32(4,5)31-25(20-11-9-7-6-8-10-12-20)16-13-21-22-19-27(29-17-18-30-27)23(22)14-15-24(21)28/h20-25,28H,6-12,14-15,17-19H2,1-5H3/t21-,22-,23+,24-,25+/m0/s1. The predicted molar refractivity (Wildman–Crippen MR) is 131 cm³/mol. The third-order valence-electron chi connectivity index (χ3n) is 9.23. The van der Waals surface area contributed by atoms with Gasteiger partial charge in [0.15, 0.2) is 14.1 Å². The van der Waals surface area contributed by atoms with Gasteiger partial charge in [-0.25, -0.2) is 0 Å². The van der Waals surface area contributed by atoms with E-state index < -0.39 is 8.32 Å². The molecule has 0 aromatic carbocycles. The summed E-state index contributed by atoms with van der Waals surface area (Å²) >= 11 is 0. The second kappa shape index (κ2) is 9.70. The van der Waals surface area contributed by atoms with E-state index in [2.05, 4.69) is 45.7 Å². The van der Waals surface area contributed by atoms with E-state index in [1.54, 1.807) is 0 Å². The molecule has 3 aliphatic carbocycles. The van der Waals surface area contributed by atoms with E-state index in [1.807, 2.05) is 0 Å². The van der Waals surface area contributed by atoms with Crippen molar-refractivity contribution in [1.29, 1.82) is 0 Å². The Hall–Kier alpha value is -0.383. The number of fused-ring (bicyclic) bond motifs is 2. The molecule has 3 saturated carbocycles. The van der Waals surface area contributed by atoms with Crippen molar-refractivity contribution in [2.45, 2.75) is 121 Å². The lowest BCUT2D eigenvalue weighted by atomic mass is 9.56. The monoisotopic (exact) mass is 462 g/mol. The zero-order valence-electron chi connectivity index (χ0n) is 21.1. The number of hydrogen-bond donors (Lipinski definition) is 1. The first-order chi connectivity index (χ1) is 15.1. The van der Waals surface area contributed by atoms with Crippen LogP contribution in [-0.4, -0.2) is 44.6 Å². The van der Waals surface area contributed by atoms with Gasteiger partial charge in [-0.3, -0.25) is 0 Å². The SMILES string of the molecule is CC(C)(C)[Si](C)(C)O[C@H](C#C[C@H]1[C@@H]2CC3(OCCO3)[C@@H]2CC[C@@H]1O)C1CCCCCCC1. The smallest absolute Gasteiger partial charge is 0.193 e. The summed E-state index contributed by atoms with van der Waals surface area (Å²) in [6.45, 7) is 13.0. The maximum atomic E-state index is 10.9. The Kier molecular flexibility index (Phi) is 7.50. The largest absolute Gasteiger partial charge is 0.403 e. The molecule has 1 N–H and O–H groups in total. The Morgan fingerprint density at radius 3 is 2.22 bits per heavy atom. The van der Waals surface area contributed by atoms with Gasteiger partial charge in [0.05, 0.1) is 19.3 Å². The lowest BCUT2D eigenvalue weighted by molar-refractivity contribution is -0.296. The molecule has 5 heteroatoms. The summed E-state index contributed by atoms with van der Waals surface area (Å²) in [7, 11) is -1.93. The lowest BCUT2D eigenvalue weighted by Gasteiger charge is -2.56. The number of ether oxygens (including phenoxy) is 2. The van der Waals surface area contributed by atoms with Crippen LogP contribution in [0.2, 0.25) is 18.1 Å². The minimum absolute atomic E-state index is 0.00501. The van der Waals surface area contributed by atoms with Gasteiger partial charge in [0.2, 0.25) is 0 Å². The molecule has 4 rings (SSSR count). The molecule has 4 fully saturated rings. The Morgan fingerprint density at radius 1 is 0.969 bits per heavy atom. The Balaban J connectivity index is 1.53. The third kappa shape index (κ3) is 5.00. The molecule has 0 bridgehead atoms. The van der Waals surface area contributed by atoms with Crippen LogP contribution in [0.1, 0.15) is 85.0 Å². The molecule has 1 saturated heterocycles. The maximum absolute atomic E-state index is 10.9. The number of hydrogen-bond acceptors (Lipinski definition) is 4. The fourth-order valence-electron chi connectivity index (χ4n) is 6.13. The van der Waals surface area contributed by atoms with Crippen molar-refractivity contribution in [3.8, 4) is 11.8 Å². The van der Waals surface area contributed by atoms with Crippen molar-refractivity contribution in [2.24, 2.45) is 23.7 Å². The summed E-state index contributed by atoms with van der Waals surface area (Å²) < 4.78 is 19.0. The Bertz CT molecular complexity index is 689. The number of rotatable bonds is 3. The highest BCUT2D eigenvalue weighted by atomic mass is 28.4. The summed E-state index contributed by atoms with van der Waals surface area (Å²) in [6, 6.07) is 0. The first-order valence-electron chi connectivity index (χ1n) is 13.3. The van der Waals surface area contributed by atoms with Gasteiger partial charge in [0.25, 0.3) is 0 Å². The zero-order chi connectivity index (χ0) is 23.0. The Labute approximate surface area is 197 Å². The molecule has 5 atom stereocenters. The first-order valence-corrected chi connectivity index (χ1v) is 16.2. The van der Waals surface area contributed by atoms with E-state index in [1.165, 1.54) is 44.9 Å². The normalized spacial score (nSPS) is 34.6. The molecule has 0 radical (unpaired) electrons. The van der Waals surface area contributed by atoms with Crippen LogP contribution in [0, 0.1) is 35.5 Å². The molecule has 182 valence electrons. The molecule has 0 aromatic heterocycles.